The number of rotatable bonds is 3. The van der Waals surface area contributed by atoms with Crippen LogP contribution in [0.1, 0.15) is 0 Å². The summed E-state index contributed by atoms with van der Waals surface area (Å²) >= 11 is 0. The molecule has 0 amide bonds. The molecule has 0 radical (unpaired) electrons. The Balaban J connectivity index is 2.82. The molecule has 4 heteroatoms. The molecule has 0 aliphatic carbocycles. The van der Waals surface area contributed by atoms with Crippen molar-refractivity contribution < 1.29 is 18.3 Å². The van der Waals surface area contributed by atoms with Crippen molar-refractivity contribution in [2.75, 3.05) is 6.61 Å². The van der Waals surface area contributed by atoms with E-state index in [1.54, 1.807) is 0 Å². The predicted molar refractivity (Wildman–Crippen MR) is 37.9 cm³/mol. The standard InChI is InChI=1S/C8H6F2O2/c9-6-1-2-7(10)8(5-6)12-4-3-11/h1-3,5H,4H2. The van der Waals surface area contributed by atoms with Crippen LogP contribution in [0.15, 0.2) is 18.2 Å². The maximum absolute atomic E-state index is 12.7. The fourth-order valence-corrected chi connectivity index (χ4v) is 0.712. The number of ether oxygens (including phenoxy) is 1. The Morgan fingerprint density at radius 3 is 2.83 bits per heavy atom. The zero-order valence-corrected chi connectivity index (χ0v) is 6.09. The third kappa shape index (κ3) is 2.02. The monoisotopic (exact) mass is 172 g/mol. The Bertz CT molecular complexity index is 286. The highest BCUT2D eigenvalue weighted by atomic mass is 19.1. The van der Waals surface area contributed by atoms with E-state index in [2.05, 4.69) is 4.74 Å². The van der Waals surface area contributed by atoms with Gasteiger partial charge in [0.2, 0.25) is 0 Å². The molecule has 0 atom stereocenters. The van der Waals surface area contributed by atoms with E-state index < -0.39 is 11.6 Å². The van der Waals surface area contributed by atoms with Crippen LogP contribution in [0.5, 0.6) is 5.75 Å². The molecule has 0 bridgehead atoms. The van der Waals surface area contributed by atoms with Crippen LogP contribution in [0, 0.1) is 11.6 Å². The van der Waals surface area contributed by atoms with Crippen molar-refractivity contribution in [2.45, 2.75) is 0 Å². The largest absolute Gasteiger partial charge is 0.483 e. The zero-order chi connectivity index (χ0) is 8.97. The van der Waals surface area contributed by atoms with E-state index in [1.165, 1.54) is 0 Å². The summed E-state index contributed by atoms with van der Waals surface area (Å²) in [4.78, 5) is 9.83. The van der Waals surface area contributed by atoms with Gasteiger partial charge in [0.05, 0.1) is 0 Å². The van der Waals surface area contributed by atoms with E-state index in [-0.39, 0.29) is 12.4 Å². The van der Waals surface area contributed by atoms with Gasteiger partial charge in [0.15, 0.2) is 17.9 Å². The first-order valence-electron chi connectivity index (χ1n) is 3.25. The molecule has 2 nitrogen and oxygen atoms in total. The lowest BCUT2D eigenvalue weighted by atomic mass is 10.3. The lowest BCUT2D eigenvalue weighted by molar-refractivity contribution is -0.109. The quantitative estimate of drug-likeness (QED) is 0.646. The van der Waals surface area contributed by atoms with Gasteiger partial charge in [-0.1, -0.05) is 0 Å². The molecule has 0 saturated heterocycles. The van der Waals surface area contributed by atoms with E-state index in [0.717, 1.165) is 18.2 Å². The third-order valence-electron chi connectivity index (χ3n) is 1.20. The summed E-state index contributed by atoms with van der Waals surface area (Å²) in [7, 11) is 0. The maximum Gasteiger partial charge on any atom is 0.165 e. The number of aldehydes is 1. The molecule has 1 aromatic rings. The van der Waals surface area contributed by atoms with Crippen LogP contribution in [-0.2, 0) is 4.79 Å². The average molecular weight is 172 g/mol. The first-order chi connectivity index (χ1) is 5.74. The van der Waals surface area contributed by atoms with Gasteiger partial charge in [0.25, 0.3) is 0 Å². The van der Waals surface area contributed by atoms with Crippen LogP contribution in [0.4, 0.5) is 8.78 Å². The van der Waals surface area contributed by atoms with Gasteiger partial charge in [0.1, 0.15) is 12.4 Å². The second-order valence-electron chi connectivity index (χ2n) is 2.05. The summed E-state index contributed by atoms with van der Waals surface area (Å²) in [5.74, 6) is -1.53. The van der Waals surface area contributed by atoms with Crippen molar-refractivity contribution in [3.05, 3.63) is 29.8 Å². The first kappa shape index (κ1) is 8.64. The second kappa shape index (κ2) is 3.80. The highest BCUT2D eigenvalue weighted by molar-refractivity contribution is 5.51. The molecule has 0 aliphatic heterocycles. The molecule has 0 aromatic heterocycles. The Kier molecular flexibility index (Phi) is 2.74. The molecule has 0 unspecified atom stereocenters. The van der Waals surface area contributed by atoms with Gasteiger partial charge < -0.3 is 4.74 Å². The molecule has 12 heavy (non-hydrogen) atoms. The molecule has 0 aliphatic rings. The van der Waals surface area contributed by atoms with Gasteiger partial charge in [-0.05, 0) is 12.1 Å². The number of hydrogen-bond acceptors (Lipinski definition) is 2. The molecule has 64 valence electrons. The fourth-order valence-electron chi connectivity index (χ4n) is 0.712. The van der Waals surface area contributed by atoms with E-state index >= 15 is 0 Å². The molecular weight excluding hydrogens is 166 g/mol. The minimum atomic E-state index is -0.682. The summed E-state index contributed by atoms with van der Waals surface area (Å²) in [6.45, 7) is -0.277. The molecule has 0 fully saturated rings. The van der Waals surface area contributed by atoms with Gasteiger partial charge in [0, 0.05) is 6.07 Å². The Morgan fingerprint density at radius 2 is 2.17 bits per heavy atom. The topological polar surface area (TPSA) is 26.3 Å². The number of carbonyl (C=O) groups is 1. The molecule has 1 aromatic carbocycles. The molecule has 0 spiro atoms. The summed E-state index contributed by atoms with van der Waals surface area (Å²) in [6.07, 6.45) is 0.463. The second-order valence-corrected chi connectivity index (χ2v) is 2.05. The van der Waals surface area contributed by atoms with Crippen LogP contribution in [-0.4, -0.2) is 12.9 Å². The van der Waals surface area contributed by atoms with Crippen molar-refractivity contribution in [3.63, 3.8) is 0 Å². The van der Waals surface area contributed by atoms with Crippen molar-refractivity contribution in [3.8, 4) is 5.75 Å². The summed E-state index contributed by atoms with van der Waals surface area (Å²) in [6, 6.07) is 2.80. The van der Waals surface area contributed by atoms with E-state index in [9.17, 15) is 13.6 Å². The van der Waals surface area contributed by atoms with Gasteiger partial charge in [-0.15, -0.1) is 0 Å². The van der Waals surface area contributed by atoms with Crippen LogP contribution in [0.2, 0.25) is 0 Å². The Hall–Kier alpha value is -1.45. The Labute approximate surface area is 67.8 Å². The predicted octanol–water partition coefficient (Wildman–Crippen LogP) is 1.54. The smallest absolute Gasteiger partial charge is 0.165 e. The first-order valence-corrected chi connectivity index (χ1v) is 3.25. The zero-order valence-electron chi connectivity index (χ0n) is 6.09. The van der Waals surface area contributed by atoms with E-state index in [0.29, 0.717) is 6.29 Å². The SMILES string of the molecule is O=CCOc1cc(F)ccc1F. The highest BCUT2D eigenvalue weighted by Gasteiger charge is 2.03. The van der Waals surface area contributed by atoms with Crippen molar-refractivity contribution >= 4 is 6.29 Å². The van der Waals surface area contributed by atoms with Crippen molar-refractivity contribution in [2.24, 2.45) is 0 Å². The number of carbonyl (C=O) groups excluding carboxylic acids is 1. The highest BCUT2D eigenvalue weighted by Crippen LogP contribution is 2.17. The maximum atomic E-state index is 12.7. The summed E-state index contributed by atoms with van der Waals surface area (Å²) < 4.78 is 29.7. The fraction of sp³-hybridized carbons (Fsp3) is 0.125. The lowest BCUT2D eigenvalue weighted by Crippen LogP contribution is -1.99. The minimum absolute atomic E-state index is 0.248. The Morgan fingerprint density at radius 1 is 1.42 bits per heavy atom. The normalized spacial score (nSPS) is 9.50. The van der Waals surface area contributed by atoms with Gasteiger partial charge in [-0.2, -0.15) is 0 Å². The average Bonchev–Trinajstić information content (AvgIpc) is 2.07. The number of halogens is 2. The van der Waals surface area contributed by atoms with Crippen LogP contribution in [0.25, 0.3) is 0 Å². The van der Waals surface area contributed by atoms with Gasteiger partial charge in [-0.3, -0.25) is 4.79 Å². The van der Waals surface area contributed by atoms with Gasteiger partial charge in [-0.25, -0.2) is 8.78 Å². The van der Waals surface area contributed by atoms with Gasteiger partial charge >= 0.3 is 0 Å². The third-order valence-corrected chi connectivity index (χ3v) is 1.20. The molecule has 0 N–H and O–H groups in total. The molecule has 0 saturated carbocycles. The van der Waals surface area contributed by atoms with Crippen LogP contribution >= 0.6 is 0 Å². The van der Waals surface area contributed by atoms with Crippen molar-refractivity contribution in [1.29, 1.82) is 0 Å². The van der Waals surface area contributed by atoms with Crippen LogP contribution < -0.4 is 4.74 Å². The van der Waals surface area contributed by atoms with E-state index in [1.807, 2.05) is 0 Å². The van der Waals surface area contributed by atoms with Crippen molar-refractivity contribution in [1.82, 2.24) is 0 Å². The number of hydrogen-bond donors (Lipinski definition) is 0. The minimum Gasteiger partial charge on any atom is -0.483 e. The molecule has 1 rings (SSSR count). The molecule has 0 heterocycles. The summed E-state index contributed by atoms with van der Waals surface area (Å²) in [5, 5.41) is 0. The summed E-state index contributed by atoms with van der Waals surface area (Å²) in [5.41, 5.74) is 0. The molecular formula is C8H6F2O2. The number of benzene rings is 1. The van der Waals surface area contributed by atoms with E-state index in [4.69, 9.17) is 0 Å². The lowest BCUT2D eigenvalue weighted by Gasteiger charge is -2.02. The van der Waals surface area contributed by atoms with Crippen LogP contribution in [0.3, 0.4) is 0 Å².